The van der Waals surface area contributed by atoms with Crippen molar-refractivity contribution in [3.8, 4) is 0 Å². The number of allylic oxidation sites excluding steroid dienone is 1. The van der Waals surface area contributed by atoms with Crippen LogP contribution in [-0.2, 0) is 19.1 Å². The summed E-state index contributed by atoms with van der Waals surface area (Å²) in [5, 5.41) is 0. The second kappa shape index (κ2) is 6.95. The average molecular weight is 483 g/mol. The molecule has 4 saturated carbocycles. The van der Waals surface area contributed by atoms with Crippen molar-refractivity contribution in [3.05, 3.63) is 12.2 Å². The smallest absolute Gasteiger partial charge is 0.313 e. The summed E-state index contributed by atoms with van der Waals surface area (Å²) in [6, 6.07) is 0. The fraction of sp³-hybridized carbons (Fsp3) is 0.871. The monoisotopic (exact) mass is 482 g/mol. The zero-order valence-electron chi connectivity index (χ0n) is 23.0. The van der Waals surface area contributed by atoms with Crippen LogP contribution in [0.25, 0.3) is 0 Å². The highest BCUT2D eigenvalue weighted by Gasteiger charge is 2.80. The number of carbonyl (C=O) groups excluding carboxylic acids is 2. The molecule has 4 heteroatoms. The van der Waals surface area contributed by atoms with Crippen molar-refractivity contribution in [2.45, 2.75) is 112 Å². The third-order valence-electron chi connectivity index (χ3n) is 14.0. The van der Waals surface area contributed by atoms with Crippen molar-refractivity contribution < 1.29 is 19.1 Å². The Balaban J connectivity index is 1.48. The summed E-state index contributed by atoms with van der Waals surface area (Å²) < 4.78 is 12.4. The molecule has 0 aromatic rings. The Bertz CT molecular complexity index is 984. The Hall–Kier alpha value is -1.32. The van der Waals surface area contributed by atoms with Gasteiger partial charge in [-0.1, -0.05) is 54.5 Å². The average Bonchev–Trinajstić information content (AvgIpc) is 2.99. The Kier molecular flexibility index (Phi) is 4.78. The molecule has 0 unspecified atom stereocenters. The van der Waals surface area contributed by atoms with Crippen LogP contribution in [0.2, 0.25) is 0 Å². The fourth-order valence-electron chi connectivity index (χ4n) is 11.7. The first-order valence-corrected chi connectivity index (χ1v) is 14.4. The van der Waals surface area contributed by atoms with E-state index < -0.39 is 5.60 Å². The quantitative estimate of drug-likeness (QED) is 0.249. The largest absolute Gasteiger partial charge is 0.464 e. The number of carbonyl (C=O) groups is 2. The predicted octanol–water partition coefficient (Wildman–Crippen LogP) is 6.72. The van der Waals surface area contributed by atoms with E-state index in [1.807, 2.05) is 0 Å². The molecular weight excluding hydrogens is 436 g/mol. The summed E-state index contributed by atoms with van der Waals surface area (Å²) in [5.74, 6) is 2.44. The lowest BCUT2D eigenvalue weighted by atomic mass is 9.32. The van der Waals surface area contributed by atoms with E-state index in [-0.39, 0.29) is 45.1 Å². The van der Waals surface area contributed by atoms with Crippen LogP contribution in [0.1, 0.15) is 99.8 Å². The van der Waals surface area contributed by atoms with Crippen LogP contribution >= 0.6 is 0 Å². The number of fused-ring (bicyclic) bond motifs is 4. The number of hydrogen-bond acceptors (Lipinski definition) is 4. The van der Waals surface area contributed by atoms with Crippen LogP contribution in [0.4, 0.5) is 0 Å². The minimum Gasteiger partial charge on any atom is -0.464 e. The summed E-state index contributed by atoms with van der Waals surface area (Å²) in [7, 11) is 0. The molecule has 194 valence electrons. The van der Waals surface area contributed by atoms with E-state index in [0.29, 0.717) is 30.1 Å². The van der Waals surface area contributed by atoms with Gasteiger partial charge < -0.3 is 9.47 Å². The predicted molar refractivity (Wildman–Crippen MR) is 135 cm³/mol. The Labute approximate surface area is 212 Å². The van der Waals surface area contributed by atoms with Gasteiger partial charge in [0.1, 0.15) is 11.7 Å². The lowest BCUT2D eigenvalue weighted by molar-refractivity contribution is -0.246. The molecule has 11 atom stereocenters. The van der Waals surface area contributed by atoms with Crippen molar-refractivity contribution in [1.29, 1.82) is 0 Å². The van der Waals surface area contributed by atoms with Crippen molar-refractivity contribution in [2.24, 2.45) is 56.7 Å². The van der Waals surface area contributed by atoms with E-state index in [1.165, 1.54) is 0 Å². The minimum absolute atomic E-state index is 0.00686. The molecule has 6 aliphatic rings. The topological polar surface area (TPSA) is 52.6 Å². The molecule has 0 aromatic carbocycles. The summed E-state index contributed by atoms with van der Waals surface area (Å²) in [6.07, 6.45) is 13.4. The van der Waals surface area contributed by atoms with Gasteiger partial charge in [-0.2, -0.15) is 0 Å². The molecule has 5 aliphatic carbocycles. The van der Waals surface area contributed by atoms with Crippen molar-refractivity contribution in [1.82, 2.24) is 0 Å². The molecule has 0 amide bonds. The zero-order chi connectivity index (χ0) is 25.2. The molecule has 1 saturated heterocycles. The highest BCUT2D eigenvalue weighted by molar-refractivity contribution is 5.82. The van der Waals surface area contributed by atoms with E-state index in [9.17, 15) is 9.59 Å². The second-order valence-corrected chi connectivity index (χ2v) is 15.0. The molecule has 0 aromatic heterocycles. The van der Waals surface area contributed by atoms with E-state index in [2.05, 4.69) is 60.6 Å². The molecule has 0 radical (unpaired) electrons. The zero-order valence-corrected chi connectivity index (χ0v) is 23.0. The van der Waals surface area contributed by atoms with Crippen molar-refractivity contribution in [2.75, 3.05) is 0 Å². The van der Waals surface area contributed by atoms with Crippen LogP contribution in [0.15, 0.2) is 12.2 Å². The molecule has 5 fully saturated rings. The van der Waals surface area contributed by atoms with Crippen LogP contribution in [0.3, 0.4) is 0 Å². The SMILES string of the molecule is C[C@@H]1[C@@H]2[C@]3(CC[C@@H]1C)CC[C@@]1(C)[C@@]4(C)CC[C@@H]5C(C)(C)[C@@H](OC=O)CC[C@@]5(C)[C@H]4C=C[C@]21OC3=O. The summed E-state index contributed by atoms with van der Waals surface area (Å²) in [6.45, 7) is 17.6. The highest BCUT2D eigenvalue weighted by Crippen LogP contribution is 2.79. The van der Waals surface area contributed by atoms with Gasteiger partial charge in [0.25, 0.3) is 6.47 Å². The van der Waals surface area contributed by atoms with Gasteiger partial charge in [0, 0.05) is 16.7 Å². The lowest BCUT2D eigenvalue weighted by Gasteiger charge is -2.72. The fourth-order valence-corrected chi connectivity index (χ4v) is 11.7. The molecule has 2 bridgehead atoms. The van der Waals surface area contributed by atoms with Gasteiger partial charge in [0.2, 0.25) is 0 Å². The van der Waals surface area contributed by atoms with Crippen LogP contribution in [0.5, 0.6) is 0 Å². The van der Waals surface area contributed by atoms with Gasteiger partial charge in [0.15, 0.2) is 0 Å². The first kappa shape index (κ1) is 24.0. The Morgan fingerprint density at radius 2 is 1.71 bits per heavy atom. The molecule has 6 rings (SSSR count). The van der Waals surface area contributed by atoms with Crippen LogP contribution in [-0.4, -0.2) is 24.1 Å². The van der Waals surface area contributed by atoms with Gasteiger partial charge >= 0.3 is 5.97 Å². The summed E-state index contributed by atoms with van der Waals surface area (Å²) in [5.41, 5.74) is -0.653. The van der Waals surface area contributed by atoms with Gasteiger partial charge in [-0.3, -0.25) is 9.59 Å². The van der Waals surface area contributed by atoms with Crippen molar-refractivity contribution in [3.63, 3.8) is 0 Å². The molecule has 4 nitrogen and oxygen atoms in total. The summed E-state index contributed by atoms with van der Waals surface area (Å²) >= 11 is 0. The third kappa shape index (κ3) is 2.47. The highest BCUT2D eigenvalue weighted by atomic mass is 16.6. The van der Waals surface area contributed by atoms with E-state index in [1.54, 1.807) is 0 Å². The van der Waals surface area contributed by atoms with E-state index >= 15 is 0 Å². The Morgan fingerprint density at radius 3 is 2.43 bits per heavy atom. The molecule has 1 aliphatic heterocycles. The van der Waals surface area contributed by atoms with Gasteiger partial charge in [-0.15, -0.1) is 0 Å². The standard InChI is InChI=1S/C31H46O4/c1-19-8-14-30-17-16-29(7)28(6)13-9-21-26(3,4)23(34-18-32)11-12-27(21,5)22(28)10-15-31(29,35-25(30)33)24(30)20(19)2/h10,15,18-24H,8-9,11-14,16-17H2,1-7H3/t19-,20-,21+,22+,23-,24+,27+,28-,29-,30-,31-/m0/s1. The van der Waals surface area contributed by atoms with Gasteiger partial charge in [-0.25, -0.2) is 0 Å². The lowest BCUT2D eigenvalue weighted by Crippen LogP contribution is -2.71. The molecule has 35 heavy (non-hydrogen) atoms. The number of esters is 1. The molecule has 1 heterocycles. The van der Waals surface area contributed by atoms with E-state index in [0.717, 1.165) is 51.4 Å². The maximum absolute atomic E-state index is 13.7. The molecule has 0 N–H and O–H groups in total. The van der Waals surface area contributed by atoms with Gasteiger partial charge in [-0.05, 0) is 91.9 Å². The maximum atomic E-state index is 13.7. The van der Waals surface area contributed by atoms with Gasteiger partial charge in [0.05, 0.1) is 5.41 Å². The molecular formula is C31H46O4. The minimum atomic E-state index is -0.474. The van der Waals surface area contributed by atoms with Crippen molar-refractivity contribution >= 4 is 12.4 Å². The van der Waals surface area contributed by atoms with Crippen LogP contribution in [0, 0.1) is 56.7 Å². The van der Waals surface area contributed by atoms with E-state index in [4.69, 9.17) is 9.47 Å². The maximum Gasteiger partial charge on any atom is 0.313 e. The summed E-state index contributed by atoms with van der Waals surface area (Å²) in [4.78, 5) is 25.0. The van der Waals surface area contributed by atoms with Crippen LogP contribution < -0.4 is 0 Å². The third-order valence-corrected chi connectivity index (χ3v) is 14.0. The first-order chi connectivity index (χ1) is 16.3. The Morgan fingerprint density at radius 1 is 0.971 bits per heavy atom. The number of hydrogen-bond donors (Lipinski definition) is 0. The first-order valence-electron chi connectivity index (χ1n) is 14.4. The molecule has 1 spiro atoms. The second-order valence-electron chi connectivity index (χ2n) is 15.0. The number of ether oxygens (including phenoxy) is 2. The number of rotatable bonds is 2. The normalized spacial score (nSPS) is 57.7.